The van der Waals surface area contributed by atoms with E-state index in [1.54, 1.807) is 0 Å². The molecule has 0 fully saturated rings. The Morgan fingerprint density at radius 2 is 1.04 bits per heavy atom. The molecule has 2 aromatic carbocycles. The van der Waals surface area contributed by atoms with Crippen molar-refractivity contribution in [2.45, 2.75) is 13.1 Å². The molecule has 0 atom stereocenters. The van der Waals surface area contributed by atoms with Gasteiger partial charge in [0.25, 0.3) is 0 Å². The molecule has 0 N–H and O–H groups in total. The SMILES string of the molecule is C(=C\c1cncn1Cc1ccccc1)/c1cncn1Cc1ccccc1. The molecule has 0 unspecified atom stereocenters. The van der Waals surface area contributed by atoms with Crippen LogP contribution in [0.4, 0.5) is 0 Å². The molecule has 4 nitrogen and oxygen atoms in total. The van der Waals surface area contributed by atoms with Crippen LogP contribution in [0.5, 0.6) is 0 Å². The van der Waals surface area contributed by atoms with E-state index < -0.39 is 0 Å². The molecule has 0 spiro atoms. The molecule has 0 aliphatic carbocycles. The molecule has 26 heavy (non-hydrogen) atoms. The minimum Gasteiger partial charge on any atom is -0.327 e. The van der Waals surface area contributed by atoms with Gasteiger partial charge in [-0.15, -0.1) is 0 Å². The van der Waals surface area contributed by atoms with Crippen LogP contribution in [0.2, 0.25) is 0 Å². The Balaban J connectivity index is 1.51. The van der Waals surface area contributed by atoms with Crippen LogP contribution in [-0.2, 0) is 13.1 Å². The van der Waals surface area contributed by atoms with Gasteiger partial charge in [-0.3, -0.25) is 0 Å². The van der Waals surface area contributed by atoms with Gasteiger partial charge < -0.3 is 9.13 Å². The van der Waals surface area contributed by atoms with Gasteiger partial charge in [-0.05, 0) is 23.3 Å². The van der Waals surface area contributed by atoms with Gasteiger partial charge in [0, 0.05) is 13.1 Å². The molecule has 0 radical (unpaired) electrons. The van der Waals surface area contributed by atoms with Gasteiger partial charge >= 0.3 is 0 Å². The summed E-state index contributed by atoms with van der Waals surface area (Å²) in [6.45, 7) is 1.62. The first-order chi connectivity index (χ1) is 12.9. The van der Waals surface area contributed by atoms with E-state index in [1.807, 2.05) is 37.2 Å². The number of aromatic nitrogens is 4. The number of rotatable bonds is 6. The maximum Gasteiger partial charge on any atom is 0.0953 e. The molecule has 128 valence electrons. The highest BCUT2D eigenvalue weighted by atomic mass is 15.0. The van der Waals surface area contributed by atoms with Crippen molar-refractivity contribution < 1.29 is 0 Å². The second-order valence-corrected chi connectivity index (χ2v) is 6.20. The van der Waals surface area contributed by atoms with Crippen molar-refractivity contribution in [1.82, 2.24) is 19.1 Å². The maximum atomic E-state index is 4.30. The zero-order valence-corrected chi connectivity index (χ0v) is 14.4. The Bertz CT molecular complexity index is 899. The van der Waals surface area contributed by atoms with Crippen molar-refractivity contribution in [1.29, 1.82) is 0 Å². The van der Waals surface area contributed by atoms with Gasteiger partial charge in [-0.1, -0.05) is 60.7 Å². The van der Waals surface area contributed by atoms with Gasteiger partial charge in [-0.25, -0.2) is 9.97 Å². The second-order valence-electron chi connectivity index (χ2n) is 6.20. The summed E-state index contributed by atoms with van der Waals surface area (Å²) in [6, 6.07) is 20.8. The summed E-state index contributed by atoms with van der Waals surface area (Å²) in [7, 11) is 0. The fourth-order valence-electron chi connectivity index (χ4n) is 2.93. The van der Waals surface area contributed by atoms with E-state index >= 15 is 0 Å². The van der Waals surface area contributed by atoms with Crippen molar-refractivity contribution in [3.8, 4) is 0 Å². The van der Waals surface area contributed by atoms with Crippen LogP contribution >= 0.6 is 0 Å². The molecule has 0 bridgehead atoms. The lowest BCUT2D eigenvalue weighted by Crippen LogP contribution is -2.01. The monoisotopic (exact) mass is 340 g/mol. The van der Waals surface area contributed by atoms with E-state index in [9.17, 15) is 0 Å². The van der Waals surface area contributed by atoms with E-state index in [2.05, 4.69) is 79.8 Å². The summed E-state index contributed by atoms with van der Waals surface area (Å²) >= 11 is 0. The lowest BCUT2D eigenvalue weighted by atomic mass is 10.2. The third-order valence-electron chi connectivity index (χ3n) is 4.31. The summed E-state index contributed by atoms with van der Waals surface area (Å²) in [6.07, 6.45) is 11.7. The highest BCUT2D eigenvalue weighted by Crippen LogP contribution is 2.12. The summed E-state index contributed by atoms with van der Waals surface area (Å²) in [5.41, 5.74) is 4.66. The highest BCUT2D eigenvalue weighted by molar-refractivity contribution is 5.66. The van der Waals surface area contributed by atoms with Crippen molar-refractivity contribution in [2.75, 3.05) is 0 Å². The van der Waals surface area contributed by atoms with Crippen molar-refractivity contribution in [2.24, 2.45) is 0 Å². The molecule has 0 saturated heterocycles. The standard InChI is InChI=1S/C22H20N4/c1-3-7-19(8-4-1)15-25-17-23-13-21(25)11-12-22-14-24-18-26(22)16-20-9-5-2-6-10-20/h1-14,17-18H,15-16H2/b12-11+. The average Bonchev–Trinajstić information content (AvgIpc) is 3.31. The molecule has 4 aromatic rings. The highest BCUT2D eigenvalue weighted by Gasteiger charge is 2.02. The van der Waals surface area contributed by atoms with E-state index in [0.29, 0.717) is 0 Å². The van der Waals surface area contributed by atoms with Crippen LogP contribution in [0.25, 0.3) is 12.2 Å². The number of nitrogens with zero attached hydrogens (tertiary/aromatic N) is 4. The van der Waals surface area contributed by atoms with Crippen molar-refractivity contribution in [3.05, 3.63) is 108 Å². The number of hydrogen-bond donors (Lipinski definition) is 0. The first-order valence-corrected chi connectivity index (χ1v) is 8.65. The smallest absolute Gasteiger partial charge is 0.0953 e. The predicted molar refractivity (Wildman–Crippen MR) is 104 cm³/mol. The van der Waals surface area contributed by atoms with E-state index in [4.69, 9.17) is 0 Å². The van der Waals surface area contributed by atoms with Crippen LogP contribution < -0.4 is 0 Å². The Morgan fingerprint density at radius 1 is 0.615 bits per heavy atom. The first-order valence-electron chi connectivity index (χ1n) is 8.65. The molecule has 0 amide bonds. The van der Waals surface area contributed by atoms with Crippen LogP contribution in [0, 0.1) is 0 Å². The van der Waals surface area contributed by atoms with Gasteiger partial charge in [-0.2, -0.15) is 0 Å². The van der Waals surface area contributed by atoms with Crippen molar-refractivity contribution in [3.63, 3.8) is 0 Å². The second kappa shape index (κ2) is 7.66. The van der Waals surface area contributed by atoms with Gasteiger partial charge in [0.1, 0.15) is 0 Å². The lowest BCUT2D eigenvalue weighted by molar-refractivity contribution is 0.786. The van der Waals surface area contributed by atoms with Gasteiger partial charge in [0.2, 0.25) is 0 Å². The van der Waals surface area contributed by atoms with E-state index in [1.165, 1.54) is 11.1 Å². The van der Waals surface area contributed by atoms with Crippen LogP contribution in [0.1, 0.15) is 22.5 Å². The molecule has 2 aromatic heterocycles. The average molecular weight is 340 g/mol. The molecule has 0 saturated carbocycles. The predicted octanol–water partition coefficient (Wildman–Crippen LogP) is 4.35. The summed E-state index contributed by atoms with van der Waals surface area (Å²) in [4.78, 5) is 8.60. The Hall–Kier alpha value is -3.40. The zero-order chi connectivity index (χ0) is 17.6. The normalized spacial score (nSPS) is 11.2. The Labute approximate surface area is 153 Å². The van der Waals surface area contributed by atoms with Crippen LogP contribution in [-0.4, -0.2) is 19.1 Å². The Morgan fingerprint density at radius 3 is 1.46 bits per heavy atom. The molecule has 4 heteroatoms. The van der Waals surface area contributed by atoms with Crippen molar-refractivity contribution >= 4 is 12.2 Å². The molecule has 4 rings (SSSR count). The molecule has 0 aliphatic rings. The maximum absolute atomic E-state index is 4.30. The zero-order valence-electron chi connectivity index (χ0n) is 14.4. The van der Waals surface area contributed by atoms with E-state index in [0.717, 1.165) is 24.5 Å². The quantitative estimate of drug-likeness (QED) is 0.523. The molecular weight excluding hydrogens is 320 g/mol. The van der Waals surface area contributed by atoms with Crippen LogP contribution in [0.15, 0.2) is 85.7 Å². The van der Waals surface area contributed by atoms with Crippen LogP contribution in [0.3, 0.4) is 0 Å². The lowest BCUT2D eigenvalue weighted by Gasteiger charge is -2.07. The topological polar surface area (TPSA) is 35.6 Å². The number of imidazole rings is 2. The number of benzene rings is 2. The fraction of sp³-hybridized carbons (Fsp3) is 0.0909. The fourth-order valence-corrected chi connectivity index (χ4v) is 2.93. The molecule has 0 aliphatic heterocycles. The summed E-state index contributed by atoms with van der Waals surface area (Å²) in [5, 5.41) is 0. The largest absolute Gasteiger partial charge is 0.327 e. The minimum atomic E-state index is 0.809. The first kappa shape index (κ1) is 16.1. The number of hydrogen-bond acceptors (Lipinski definition) is 2. The van der Waals surface area contributed by atoms with Gasteiger partial charge in [0.05, 0.1) is 36.4 Å². The summed E-state index contributed by atoms with van der Waals surface area (Å²) < 4.78 is 4.29. The summed E-state index contributed by atoms with van der Waals surface area (Å²) in [5.74, 6) is 0. The third kappa shape index (κ3) is 3.81. The molecular formula is C22H20N4. The Kier molecular flexibility index (Phi) is 4.74. The third-order valence-corrected chi connectivity index (χ3v) is 4.31. The minimum absolute atomic E-state index is 0.809. The van der Waals surface area contributed by atoms with Gasteiger partial charge in [0.15, 0.2) is 0 Å². The van der Waals surface area contributed by atoms with E-state index in [-0.39, 0.29) is 0 Å². The molecule has 2 heterocycles.